The van der Waals surface area contributed by atoms with Crippen molar-refractivity contribution in [1.29, 1.82) is 0 Å². The van der Waals surface area contributed by atoms with Crippen LogP contribution >= 0.6 is 11.6 Å². The molecular formula is C16H13ClN2. The zero-order chi connectivity index (χ0) is 13.1. The second-order valence-corrected chi connectivity index (χ2v) is 4.74. The van der Waals surface area contributed by atoms with Gasteiger partial charge in [0.1, 0.15) is 0 Å². The summed E-state index contributed by atoms with van der Waals surface area (Å²) >= 11 is 6.18. The van der Waals surface area contributed by atoms with Gasteiger partial charge >= 0.3 is 0 Å². The maximum absolute atomic E-state index is 6.18. The molecule has 2 aromatic carbocycles. The van der Waals surface area contributed by atoms with Crippen LogP contribution in [0.4, 0.5) is 5.69 Å². The Morgan fingerprint density at radius 2 is 1.79 bits per heavy atom. The molecule has 3 heteroatoms. The predicted molar refractivity (Wildman–Crippen MR) is 80.5 cm³/mol. The number of rotatable bonds is 3. The summed E-state index contributed by atoms with van der Waals surface area (Å²) in [5.74, 6) is 0. The Morgan fingerprint density at radius 3 is 2.63 bits per heavy atom. The zero-order valence-electron chi connectivity index (χ0n) is 10.3. The molecule has 3 aromatic rings. The Hall–Kier alpha value is -2.06. The van der Waals surface area contributed by atoms with E-state index in [0.717, 1.165) is 28.2 Å². The van der Waals surface area contributed by atoms with Crippen LogP contribution in [0.1, 0.15) is 5.56 Å². The molecule has 0 aliphatic carbocycles. The molecule has 0 spiro atoms. The number of halogens is 1. The topological polar surface area (TPSA) is 24.9 Å². The molecule has 0 radical (unpaired) electrons. The van der Waals surface area contributed by atoms with Crippen molar-refractivity contribution in [2.45, 2.75) is 6.54 Å². The maximum Gasteiger partial charge on any atom is 0.0948 e. The first kappa shape index (κ1) is 12.0. The molecule has 19 heavy (non-hydrogen) atoms. The van der Waals surface area contributed by atoms with E-state index in [4.69, 9.17) is 11.6 Å². The van der Waals surface area contributed by atoms with Crippen molar-refractivity contribution in [2.24, 2.45) is 0 Å². The van der Waals surface area contributed by atoms with Gasteiger partial charge in [-0.3, -0.25) is 4.98 Å². The molecule has 0 bridgehead atoms. The van der Waals surface area contributed by atoms with Gasteiger partial charge in [-0.2, -0.15) is 0 Å². The lowest BCUT2D eigenvalue weighted by molar-refractivity contribution is 1.15. The Kier molecular flexibility index (Phi) is 3.34. The first-order valence-electron chi connectivity index (χ1n) is 6.15. The van der Waals surface area contributed by atoms with Crippen LogP contribution in [0.3, 0.4) is 0 Å². The van der Waals surface area contributed by atoms with Crippen LogP contribution in [0.15, 0.2) is 60.8 Å². The molecule has 0 fully saturated rings. The summed E-state index contributed by atoms with van der Waals surface area (Å²) in [6.45, 7) is 0.772. The molecule has 0 saturated carbocycles. The number of benzene rings is 2. The van der Waals surface area contributed by atoms with Gasteiger partial charge in [0, 0.05) is 18.1 Å². The molecule has 1 N–H and O–H groups in total. The molecule has 94 valence electrons. The van der Waals surface area contributed by atoms with E-state index in [9.17, 15) is 0 Å². The summed E-state index contributed by atoms with van der Waals surface area (Å²) < 4.78 is 0. The van der Waals surface area contributed by atoms with E-state index in [1.165, 1.54) is 5.56 Å². The fourth-order valence-corrected chi connectivity index (χ4v) is 2.29. The van der Waals surface area contributed by atoms with E-state index in [1.54, 1.807) is 6.20 Å². The highest BCUT2D eigenvalue weighted by atomic mass is 35.5. The van der Waals surface area contributed by atoms with Crippen molar-refractivity contribution in [3.8, 4) is 0 Å². The second-order valence-electron chi connectivity index (χ2n) is 4.33. The van der Waals surface area contributed by atoms with Gasteiger partial charge in [-0.1, -0.05) is 41.9 Å². The number of nitrogens with zero attached hydrogens (tertiary/aromatic N) is 1. The van der Waals surface area contributed by atoms with Gasteiger partial charge in [-0.05, 0) is 29.8 Å². The van der Waals surface area contributed by atoms with Crippen molar-refractivity contribution >= 4 is 28.2 Å². The van der Waals surface area contributed by atoms with Gasteiger partial charge in [0.15, 0.2) is 0 Å². The smallest absolute Gasteiger partial charge is 0.0948 e. The minimum absolute atomic E-state index is 0.730. The van der Waals surface area contributed by atoms with Crippen LogP contribution in [0.5, 0.6) is 0 Å². The third-order valence-electron chi connectivity index (χ3n) is 3.04. The molecule has 2 nitrogen and oxygen atoms in total. The molecule has 0 atom stereocenters. The molecule has 0 amide bonds. The molecule has 3 rings (SSSR count). The number of fused-ring (bicyclic) bond motifs is 1. The molecule has 1 aromatic heterocycles. The van der Waals surface area contributed by atoms with Crippen LogP contribution in [-0.4, -0.2) is 4.98 Å². The van der Waals surface area contributed by atoms with Crippen molar-refractivity contribution in [1.82, 2.24) is 4.98 Å². The zero-order valence-corrected chi connectivity index (χ0v) is 11.1. The molecule has 1 heterocycles. The van der Waals surface area contributed by atoms with Crippen LogP contribution in [0, 0.1) is 0 Å². The quantitative estimate of drug-likeness (QED) is 0.756. The second kappa shape index (κ2) is 5.29. The van der Waals surface area contributed by atoms with Gasteiger partial charge in [0.05, 0.1) is 16.2 Å². The lowest BCUT2D eigenvalue weighted by Crippen LogP contribution is -2.00. The average Bonchev–Trinajstić information content (AvgIpc) is 2.48. The van der Waals surface area contributed by atoms with E-state index in [2.05, 4.69) is 22.4 Å². The van der Waals surface area contributed by atoms with Gasteiger partial charge < -0.3 is 5.32 Å². The molecule has 0 aliphatic rings. The summed E-state index contributed by atoms with van der Waals surface area (Å²) in [6.07, 6.45) is 1.78. The Labute approximate surface area is 117 Å². The normalized spacial score (nSPS) is 10.6. The first-order valence-corrected chi connectivity index (χ1v) is 6.53. The minimum Gasteiger partial charge on any atom is -0.379 e. The van der Waals surface area contributed by atoms with Crippen LogP contribution in [0.2, 0.25) is 5.02 Å². The van der Waals surface area contributed by atoms with Gasteiger partial charge in [0.25, 0.3) is 0 Å². The van der Waals surface area contributed by atoms with Gasteiger partial charge in [-0.25, -0.2) is 0 Å². The highest BCUT2D eigenvalue weighted by molar-refractivity contribution is 6.35. The fourth-order valence-electron chi connectivity index (χ4n) is 2.07. The maximum atomic E-state index is 6.18. The highest BCUT2D eigenvalue weighted by Crippen LogP contribution is 2.28. The average molecular weight is 269 g/mol. The summed E-state index contributed by atoms with van der Waals surface area (Å²) in [5.41, 5.74) is 3.15. The monoisotopic (exact) mass is 268 g/mol. The third-order valence-corrected chi connectivity index (χ3v) is 3.37. The molecule has 0 unspecified atom stereocenters. The summed E-state index contributed by atoms with van der Waals surface area (Å²) in [7, 11) is 0. The van der Waals surface area contributed by atoms with Crippen LogP contribution in [-0.2, 0) is 6.54 Å². The number of hydrogen-bond acceptors (Lipinski definition) is 2. The number of aromatic nitrogens is 1. The standard InChI is InChI=1S/C16H13ClN2/c17-14-8-9-15(16-13(14)7-4-10-18-16)19-11-12-5-2-1-3-6-12/h1-10,19H,11H2. The van der Waals surface area contributed by atoms with Gasteiger partial charge in [0.2, 0.25) is 0 Å². The number of hydrogen-bond donors (Lipinski definition) is 1. The number of pyridine rings is 1. The Bertz CT molecular complexity index is 695. The minimum atomic E-state index is 0.730. The van der Waals surface area contributed by atoms with E-state index in [0.29, 0.717) is 0 Å². The van der Waals surface area contributed by atoms with Crippen molar-refractivity contribution in [2.75, 3.05) is 5.32 Å². The van der Waals surface area contributed by atoms with E-state index in [-0.39, 0.29) is 0 Å². The fraction of sp³-hybridized carbons (Fsp3) is 0.0625. The summed E-state index contributed by atoms with van der Waals surface area (Å²) in [4.78, 5) is 4.41. The Balaban J connectivity index is 1.91. The van der Waals surface area contributed by atoms with E-state index in [1.807, 2.05) is 42.5 Å². The lowest BCUT2D eigenvalue weighted by atomic mass is 10.1. The lowest BCUT2D eigenvalue weighted by Gasteiger charge is -2.10. The predicted octanol–water partition coefficient (Wildman–Crippen LogP) is 4.50. The molecule has 0 aliphatic heterocycles. The Morgan fingerprint density at radius 1 is 0.947 bits per heavy atom. The first-order chi connectivity index (χ1) is 9.34. The summed E-state index contributed by atoms with van der Waals surface area (Å²) in [6, 6.07) is 18.0. The van der Waals surface area contributed by atoms with Crippen LogP contribution < -0.4 is 5.32 Å². The van der Waals surface area contributed by atoms with Gasteiger partial charge in [-0.15, -0.1) is 0 Å². The van der Waals surface area contributed by atoms with Crippen molar-refractivity contribution < 1.29 is 0 Å². The largest absolute Gasteiger partial charge is 0.379 e. The third kappa shape index (κ3) is 2.54. The summed E-state index contributed by atoms with van der Waals surface area (Å²) in [5, 5.41) is 5.11. The van der Waals surface area contributed by atoms with Crippen molar-refractivity contribution in [3.63, 3.8) is 0 Å². The van der Waals surface area contributed by atoms with E-state index >= 15 is 0 Å². The number of anilines is 1. The van der Waals surface area contributed by atoms with Crippen molar-refractivity contribution in [3.05, 3.63) is 71.4 Å². The molecular weight excluding hydrogens is 256 g/mol. The number of nitrogens with one attached hydrogen (secondary N) is 1. The SMILES string of the molecule is Clc1ccc(NCc2ccccc2)c2ncccc12. The molecule has 0 saturated heterocycles. The van der Waals surface area contributed by atoms with E-state index < -0.39 is 0 Å². The van der Waals surface area contributed by atoms with Crippen LogP contribution in [0.25, 0.3) is 10.9 Å². The highest BCUT2D eigenvalue weighted by Gasteiger charge is 2.05.